The van der Waals surface area contributed by atoms with Gasteiger partial charge in [-0.3, -0.25) is 4.79 Å². The average Bonchev–Trinajstić information content (AvgIpc) is 2.99. The Hall–Kier alpha value is -3.61. The van der Waals surface area contributed by atoms with Gasteiger partial charge in [0.25, 0.3) is 5.91 Å². The first-order chi connectivity index (χ1) is 13.4. The van der Waals surface area contributed by atoms with Gasteiger partial charge in [0.2, 0.25) is 0 Å². The summed E-state index contributed by atoms with van der Waals surface area (Å²) < 4.78 is 9.72. The van der Waals surface area contributed by atoms with E-state index in [1.165, 1.54) is 19.2 Å². The number of H-pyrrole nitrogens is 1. The van der Waals surface area contributed by atoms with Crippen molar-refractivity contribution in [2.75, 3.05) is 19.0 Å². The Morgan fingerprint density at radius 1 is 0.964 bits per heavy atom. The molecule has 3 aromatic rings. The van der Waals surface area contributed by atoms with Crippen molar-refractivity contribution in [3.05, 3.63) is 64.8 Å². The largest absolute Gasteiger partial charge is 0.465 e. The third-order valence-electron chi connectivity index (χ3n) is 4.47. The SMILES string of the molecule is COC(=O)c1ccc(NC(=O)COC(=O)c2ccc3[nH]c(C)c(C)c3c2)cc1. The van der Waals surface area contributed by atoms with Crippen LogP contribution < -0.4 is 5.32 Å². The summed E-state index contributed by atoms with van der Waals surface area (Å²) in [5, 5.41) is 3.55. The highest BCUT2D eigenvalue weighted by Crippen LogP contribution is 2.22. The van der Waals surface area contributed by atoms with Crippen LogP contribution in [-0.2, 0) is 14.3 Å². The molecule has 1 amide bonds. The van der Waals surface area contributed by atoms with Gasteiger partial charge in [-0.1, -0.05) is 0 Å². The molecule has 28 heavy (non-hydrogen) atoms. The number of esters is 2. The highest BCUT2D eigenvalue weighted by Gasteiger charge is 2.13. The highest BCUT2D eigenvalue weighted by molar-refractivity contribution is 5.98. The molecule has 0 atom stereocenters. The molecule has 0 aliphatic carbocycles. The smallest absolute Gasteiger partial charge is 0.338 e. The van der Waals surface area contributed by atoms with E-state index in [1.54, 1.807) is 24.3 Å². The zero-order chi connectivity index (χ0) is 20.3. The number of hydrogen-bond donors (Lipinski definition) is 2. The minimum absolute atomic E-state index is 0.373. The van der Waals surface area contributed by atoms with Crippen LogP contribution in [0.15, 0.2) is 42.5 Å². The molecule has 0 saturated heterocycles. The van der Waals surface area contributed by atoms with Gasteiger partial charge in [-0.25, -0.2) is 9.59 Å². The summed E-state index contributed by atoms with van der Waals surface area (Å²) in [6, 6.07) is 11.4. The molecule has 3 rings (SSSR count). The lowest BCUT2D eigenvalue weighted by atomic mass is 10.1. The molecule has 0 bridgehead atoms. The van der Waals surface area contributed by atoms with Crippen molar-refractivity contribution < 1.29 is 23.9 Å². The van der Waals surface area contributed by atoms with E-state index >= 15 is 0 Å². The van der Waals surface area contributed by atoms with Crippen LogP contribution in [0.5, 0.6) is 0 Å². The second-order valence-electron chi connectivity index (χ2n) is 6.33. The predicted octanol–water partition coefficient (Wildman–Crippen LogP) is 3.37. The van der Waals surface area contributed by atoms with E-state index in [2.05, 4.69) is 15.0 Å². The Bertz CT molecular complexity index is 1050. The second-order valence-corrected chi connectivity index (χ2v) is 6.33. The fraction of sp³-hybridized carbons (Fsp3) is 0.190. The minimum Gasteiger partial charge on any atom is -0.465 e. The van der Waals surface area contributed by atoms with Crippen LogP contribution in [0.2, 0.25) is 0 Å². The summed E-state index contributed by atoms with van der Waals surface area (Å²) in [4.78, 5) is 38.9. The number of nitrogens with one attached hydrogen (secondary N) is 2. The molecular weight excluding hydrogens is 360 g/mol. The fourth-order valence-electron chi connectivity index (χ4n) is 2.81. The van der Waals surface area contributed by atoms with E-state index in [0.717, 1.165) is 22.2 Å². The van der Waals surface area contributed by atoms with Crippen LogP contribution >= 0.6 is 0 Å². The molecule has 0 aliphatic rings. The Labute approximate surface area is 161 Å². The van der Waals surface area contributed by atoms with Crippen LogP contribution in [0.1, 0.15) is 32.0 Å². The molecule has 0 fully saturated rings. The van der Waals surface area contributed by atoms with Gasteiger partial charge >= 0.3 is 11.9 Å². The highest BCUT2D eigenvalue weighted by atomic mass is 16.5. The topological polar surface area (TPSA) is 97.5 Å². The molecule has 0 radical (unpaired) electrons. The Kier molecular flexibility index (Phi) is 5.44. The zero-order valence-corrected chi connectivity index (χ0v) is 15.8. The lowest BCUT2D eigenvalue weighted by Gasteiger charge is -2.07. The number of carbonyl (C=O) groups excluding carboxylic acids is 3. The number of aromatic nitrogens is 1. The van der Waals surface area contributed by atoms with Gasteiger partial charge in [-0.15, -0.1) is 0 Å². The van der Waals surface area contributed by atoms with Crippen molar-refractivity contribution in [2.24, 2.45) is 0 Å². The van der Waals surface area contributed by atoms with Gasteiger partial charge in [0, 0.05) is 22.3 Å². The summed E-state index contributed by atoms with van der Waals surface area (Å²) in [7, 11) is 1.29. The fourth-order valence-corrected chi connectivity index (χ4v) is 2.81. The van der Waals surface area contributed by atoms with E-state index < -0.39 is 24.5 Å². The lowest BCUT2D eigenvalue weighted by molar-refractivity contribution is -0.119. The quantitative estimate of drug-likeness (QED) is 0.662. The van der Waals surface area contributed by atoms with Gasteiger partial charge in [0.1, 0.15) is 0 Å². The standard InChI is InChI=1S/C21H20N2O5/c1-12-13(2)22-18-9-6-15(10-17(12)18)21(26)28-11-19(24)23-16-7-4-14(5-8-16)20(25)27-3/h4-10,22H,11H2,1-3H3,(H,23,24). The third kappa shape index (κ3) is 4.03. The number of aryl methyl sites for hydroxylation is 2. The number of aromatic amines is 1. The van der Waals surface area contributed by atoms with E-state index in [-0.39, 0.29) is 0 Å². The molecule has 7 heteroatoms. The summed E-state index contributed by atoms with van der Waals surface area (Å²) in [6.45, 7) is 3.53. The van der Waals surface area contributed by atoms with E-state index in [0.29, 0.717) is 16.8 Å². The number of hydrogen-bond acceptors (Lipinski definition) is 5. The van der Waals surface area contributed by atoms with Crippen LogP contribution in [0, 0.1) is 13.8 Å². The van der Waals surface area contributed by atoms with Gasteiger partial charge in [0.15, 0.2) is 6.61 Å². The molecule has 1 heterocycles. The molecule has 0 aliphatic heterocycles. The van der Waals surface area contributed by atoms with Crippen LogP contribution in [0.3, 0.4) is 0 Å². The van der Waals surface area contributed by atoms with Gasteiger partial charge in [-0.2, -0.15) is 0 Å². The normalized spacial score (nSPS) is 10.5. The second kappa shape index (κ2) is 7.96. The van der Waals surface area contributed by atoms with E-state index in [4.69, 9.17) is 4.74 Å². The van der Waals surface area contributed by atoms with Crippen molar-refractivity contribution in [2.45, 2.75) is 13.8 Å². The maximum Gasteiger partial charge on any atom is 0.338 e. The summed E-state index contributed by atoms with van der Waals surface area (Å²) in [6.07, 6.45) is 0. The Morgan fingerprint density at radius 2 is 1.64 bits per heavy atom. The van der Waals surface area contributed by atoms with Gasteiger partial charge in [0.05, 0.1) is 18.2 Å². The maximum atomic E-state index is 12.3. The first kappa shape index (κ1) is 19.2. The molecule has 0 unspecified atom stereocenters. The lowest BCUT2D eigenvalue weighted by Crippen LogP contribution is -2.21. The molecule has 2 N–H and O–H groups in total. The molecule has 1 aromatic heterocycles. The number of carbonyl (C=O) groups is 3. The monoisotopic (exact) mass is 380 g/mol. The summed E-state index contributed by atoms with van der Waals surface area (Å²) >= 11 is 0. The van der Waals surface area contributed by atoms with Gasteiger partial charge in [-0.05, 0) is 61.9 Å². The number of benzene rings is 2. The molecule has 0 saturated carbocycles. The van der Waals surface area contributed by atoms with Crippen molar-refractivity contribution in [1.29, 1.82) is 0 Å². The summed E-state index contributed by atoms with van der Waals surface area (Å²) in [5.74, 6) is -1.51. The predicted molar refractivity (Wildman–Crippen MR) is 104 cm³/mol. The van der Waals surface area contributed by atoms with Gasteiger partial charge < -0.3 is 19.8 Å². The molecule has 0 spiro atoms. The van der Waals surface area contributed by atoms with E-state index in [1.807, 2.05) is 19.9 Å². The Morgan fingerprint density at radius 3 is 2.32 bits per heavy atom. The van der Waals surface area contributed by atoms with E-state index in [9.17, 15) is 14.4 Å². The average molecular weight is 380 g/mol. The van der Waals surface area contributed by atoms with Crippen LogP contribution in [0.4, 0.5) is 5.69 Å². The van der Waals surface area contributed by atoms with Crippen molar-refractivity contribution in [3.63, 3.8) is 0 Å². The number of methoxy groups -OCH3 is 1. The molecule has 7 nitrogen and oxygen atoms in total. The zero-order valence-electron chi connectivity index (χ0n) is 15.8. The van der Waals surface area contributed by atoms with Crippen LogP contribution in [0.25, 0.3) is 10.9 Å². The molecular formula is C21H20N2O5. The minimum atomic E-state index is -0.573. The number of amides is 1. The first-order valence-electron chi connectivity index (χ1n) is 8.63. The Balaban J connectivity index is 1.59. The van der Waals surface area contributed by atoms with Crippen molar-refractivity contribution in [3.8, 4) is 0 Å². The number of fused-ring (bicyclic) bond motifs is 1. The molecule has 2 aromatic carbocycles. The third-order valence-corrected chi connectivity index (χ3v) is 4.47. The number of anilines is 1. The summed E-state index contributed by atoms with van der Waals surface area (Å²) in [5.41, 5.74) is 4.28. The number of rotatable bonds is 5. The number of ether oxygens (including phenoxy) is 2. The maximum absolute atomic E-state index is 12.3. The van der Waals surface area contributed by atoms with Crippen LogP contribution in [-0.4, -0.2) is 36.5 Å². The molecule has 144 valence electrons. The van der Waals surface area contributed by atoms with Crippen molar-refractivity contribution >= 4 is 34.4 Å². The first-order valence-corrected chi connectivity index (χ1v) is 8.63. The van der Waals surface area contributed by atoms with Crippen molar-refractivity contribution in [1.82, 2.24) is 4.98 Å².